The second kappa shape index (κ2) is 5.56. The van der Waals surface area contributed by atoms with Gasteiger partial charge >= 0.3 is 0 Å². The van der Waals surface area contributed by atoms with Gasteiger partial charge in [0.25, 0.3) is 0 Å². The van der Waals surface area contributed by atoms with E-state index in [2.05, 4.69) is 29.8 Å². The number of halogens is 1. The quantitative estimate of drug-likeness (QED) is 0.924. The van der Waals surface area contributed by atoms with Gasteiger partial charge < -0.3 is 5.73 Å². The topological polar surface area (TPSA) is 42.2 Å². The SMILES string of the molecule is CC1(C)CN(Cc2c(Cl)ccc3cccnc23)CCC1N. The number of nitrogens with two attached hydrogens (primary N) is 1. The summed E-state index contributed by atoms with van der Waals surface area (Å²) in [6.45, 7) is 7.33. The van der Waals surface area contributed by atoms with Crippen molar-refractivity contribution in [2.45, 2.75) is 32.9 Å². The van der Waals surface area contributed by atoms with Crippen molar-refractivity contribution in [1.82, 2.24) is 9.88 Å². The largest absolute Gasteiger partial charge is 0.327 e. The van der Waals surface area contributed by atoms with Crippen molar-refractivity contribution >= 4 is 22.5 Å². The van der Waals surface area contributed by atoms with Gasteiger partial charge in [0.1, 0.15) is 0 Å². The number of fused-ring (bicyclic) bond motifs is 1. The molecule has 1 saturated heterocycles. The molecule has 2 heterocycles. The lowest BCUT2D eigenvalue weighted by atomic mass is 9.79. The molecule has 1 atom stereocenters. The zero-order valence-electron chi connectivity index (χ0n) is 12.6. The molecular formula is C17H22ClN3. The Morgan fingerprint density at radius 2 is 2.19 bits per heavy atom. The molecule has 0 radical (unpaired) electrons. The van der Waals surface area contributed by atoms with Gasteiger partial charge in [-0.3, -0.25) is 9.88 Å². The molecule has 21 heavy (non-hydrogen) atoms. The van der Waals surface area contributed by atoms with Gasteiger partial charge in [-0.05, 0) is 24.0 Å². The van der Waals surface area contributed by atoms with Crippen molar-refractivity contribution in [1.29, 1.82) is 0 Å². The van der Waals surface area contributed by atoms with E-state index in [4.69, 9.17) is 17.3 Å². The molecule has 0 aliphatic carbocycles. The maximum atomic E-state index is 6.43. The van der Waals surface area contributed by atoms with Gasteiger partial charge in [-0.2, -0.15) is 0 Å². The monoisotopic (exact) mass is 303 g/mol. The third-order valence-corrected chi connectivity index (χ3v) is 4.95. The Balaban J connectivity index is 1.90. The number of aromatic nitrogens is 1. The van der Waals surface area contributed by atoms with Crippen molar-refractivity contribution in [3.8, 4) is 0 Å². The number of piperidine rings is 1. The lowest BCUT2D eigenvalue weighted by Gasteiger charge is -2.42. The van der Waals surface area contributed by atoms with Crippen molar-refractivity contribution < 1.29 is 0 Å². The summed E-state index contributed by atoms with van der Waals surface area (Å²) in [5.41, 5.74) is 8.50. The third kappa shape index (κ3) is 2.91. The van der Waals surface area contributed by atoms with Crippen LogP contribution in [0.5, 0.6) is 0 Å². The first kappa shape index (κ1) is 14.8. The molecule has 1 aliphatic heterocycles. The molecular weight excluding hydrogens is 282 g/mol. The second-order valence-corrected chi connectivity index (χ2v) is 7.10. The molecule has 1 fully saturated rings. The summed E-state index contributed by atoms with van der Waals surface area (Å²) in [4.78, 5) is 6.97. The van der Waals surface area contributed by atoms with Crippen LogP contribution in [-0.2, 0) is 6.54 Å². The molecule has 4 heteroatoms. The predicted octanol–water partition coefficient (Wildman–Crippen LogP) is 3.45. The highest BCUT2D eigenvalue weighted by Crippen LogP contribution is 2.31. The lowest BCUT2D eigenvalue weighted by Crippen LogP contribution is -2.52. The molecule has 1 unspecified atom stereocenters. The van der Waals surface area contributed by atoms with Gasteiger partial charge in [0, 0.05) is 47.8 Å². The van der Waals surface area contributed by atoms with Gasteiger partial charge in [0.05, 0.1) is 5.52 Å². The third-order valence-electron chi connectivity index (χ3n) is 4.60. The van der Waals surface area contributed by atoms with Gasteiger partial charge in [-0.1, -0.05) is 37.6 Å². The van der Waals surface area contributed by atoms with E-state index in [-0.39, 0.29) is 11.5 Å². The van der Waals surface area contributed by atoms with E-state index in [0.717, 1.165) is 47.5 Å². The number of pyridine rings is 1. The highest BCUT2D eigenvalue weighted by atomic mass is 35.5. The predicted molar refractivity (Wildman–Crippen MR) is 88.4 cm³/mol. The summed E-state index contributed by atoms with van der Waals surface area (Å²) in [6, 6.07) is 8.32. The van der Waals surface area contributed by atoms with Crippen LogP contribution in [-0.4, -0.2) is 29.0 Å². The number of likely N-dealkylation sites (tertiary alicyclic amines) is 1. The Hall–Kier alpha value is -1.16. The molecule has 0 spiro atoms. The van der Waals surface area contributed by atoms with Gasteiger partial charge in [-0.15, -0.1) is 0 Å². The normalized spacial score (nSPS) is 22.6. The van der Waals surface area contributed by atoms with Crippen LogP contribution in [0.25, 0.3) is 10.9 Å². The van der Waals surface area contributed by atoms with Crippen LogP contribution in [0, 0.1) is 5.41 Å². The summed E-state index contributed by atoms with van der Waals surface area (Å²) in [7, 11) is 0. The molecule has 3 nitrogen and oxygen atoms in total. The first-order valence-corrected chi connectivity index (χ1v) is 7.85. The van der Waals surface area contributed by atoms with Crippen molar-refractivity contribution in [2.24, 2.45) is 11.1 Å². The summed E-state index contributed by atoms with van der Waals surface area (Å²) >= 11 is 6.43. The molecule has 1 aromatic carbocycles. The highest BCUT2D eigenvalue weighted by Gasteiger charge is 2.33. The lowest BCUT2D eigenvalue weighted by molar-refractivity contribution is 0.0902. The first-order chi connectivity index (χ1) is 9.97. The highest BCUT2D eigenvalue weighted by molar-refractivity contribution is 6.32. The fraction of sp³-hybridized carbons (Fsp3) is 0.471. The average molecular weight is 304 g/mol. The molecule has 2 N–H and O–H groups in total. The smallest absolute Gasteiger partial charge is 0.0761 e. The minimum Gasteiger partial charge on any atom is -0.327 e. The van der Waals surface area contributed by atoms with Crippen LogP contribution >= 0.6 is 11.6 Å². The molecule has 3 rings (SSSR count). The Kier molecular flexibility index (Phi) is 3.91. The Morgan fingerprint density at radius 3 is 2.95 bits per heavy atom. The fourth-order valence-corrected chi connectivity index (χ4v) is 3.39. The van der Waals surface area contributed by atoms with E-state index in [1.165, 1.54) is 0 Å². The van der Waals surface area contributed by atoms with Crippen LogP contribution in [0.2, 0.25) is 5.02 Å². The Labute approximate surface area is 131 Å². The summed E-state index contributed by atoms with van der Waals surface area (Å²) in [6.07, 6.45) is 2.86. The Morgan fingerprint density at radius 1 is 1.38 bits per heavy atom. The maximum Gasteiger partial charge on any atom is 0.0761 e. The number of hydrogen-bond acceptors (Lipinski definition) is 3. The summed E-state index contributed by atoms with van der Waals surface area (Å²) in [5.74, 6) is 0. The van der Waals surface area contributed by atoms with E-state index in [0.29, 0.717) is 0 Å². The van der Waals surface area contributed by atoms with Crippen molar-refractivity contribution in [2.75, 3.05) is 13.1 Å². The van der Waals surface area contributed by atoms with Gasteiger partial charge in [0.2, 0.25) is 0 Å². The molecule has 0 amide bonds. The summed E-state index contributed by atoms with van der Waals surface area (Å²) < 4.78 is 0. The maximum absolute atomic E-state index is 6.43. The number of hydrogen-bond donors (Lipinski definition) is 1. The summed E-state index contributed by atoms with van der Waals surface area (Å²) in [5, 5.41) is 1.94. The average Bonchev–Trinajstić information content (AvgIpc) is 2.46. The number of rotatable bonds is 2. The number of benzene rings is 1. The van der Waals surface area contributed by atoms with Crippen LogP contribution < -0.4 is 5.73 Å². The fourth-order valence-electron chi connectivity index (χ4n) is 3.18. The molecule has 112 valence electrons. The minimum absolute atomic E-state index is 0.142. The molecule has 0 saturated carbocycles. The molecule has 1 aliphatic rings. The Bertz CT molecular complexity index is 654. The van der Waals surface area contributed by atoms with Crippen LogP contribution in [0.1, 0.15) is 25.8 Å². The first-order valence-electron chi connectivity index (χ1n) is 7.47. The van der Waals surface area contributed by atoms with Crippen LogP contribution in [0.15, 0.2) is 30.5 Å². The van der Waals surface area contributed by atoms with E-state index in [1.54, 1.807) is 0 Å². The van der Waals surface area contributed by atoms with E-state index >= 15 is 0 Å². The zero-order chi connectivity index (χ0) is 15.0. The van der Waals surface area contributed by atoms with Gasteiger partial charge in [-0.25, -0.2) is 0 Å². The van der Waals surface area contributed by atoms with Gasteiger partial charge in [0.15, 0.2) is 0 Å². The molecule has 0 bridgehead atoms. The van der Waals surface area contributed by atoms with Crippen LogP contribution in [0.4, 0.5) is 0 Å². The second-order valence-electron chi connectivity index (χ2n) is 6.70. The minimum atomic E-state index is 0.142. The molecule has 1 aromatic heterocycles. The van der Waals surface area contributed by atoms with E-state index in [9.17, 15) is 0 Å². The number of nitrogens with zero attached hydrogens (tertiary/aromatic N) is 2. The molecule has 2 aromatic rings. The van der Waals surface area contributed by atoms with E-state index in [1.807, 2.05) is 24.4 Å². The van der Waals surface area contributed by atoms with Crippen molar-refractivity contribution in [3.63, 3.8) is 0 Å². The standard InChI is InChI=1S/C17H22ClN3/c1-17(2)11-21(9-7-15(17)19)10-13-14(18)6-5-12-4-3-8-20-16(12)13/h3-6,8,15H,7,9-11,19H2,1-2H3. The zero-order valence-corrected chi connectivity index (χ0v) is 13.4. The van der Waals surface area contributed by atoms with Crippen LogP contribution in [0.3, 0.4) is 0 Å². The van der Waals surface area contributed by atoms with Crippen molar-refractivity contribution in [3.05, 3.63) is 41.0 Å². The van der Waals surface area contributed by atoms with E-state index < -0.39 is 0 Å².